The maximum absolute atomic E-state index is 11.8. The van der Waals surface area contributed by atoms with Gasteiger partial charge in [-0.3, -0.25) is 14.4 Å². The van der Waals surface area contributed by atoms with E-state index in [1.807, 2.05) is 207 Å². The lowest BCUT2D eigenvalue weighted by Gasteiger charge is -2.09. The predicted molar refractivity (Wildman–Crippen MR) is 623 cm³/mol. The van der Waals surface area contributed by atoms with Crippen LogP contribution in [0.2, 0.25) is 0 Å². The van der Waals surface area contributed by atoms with Gasteiger partial charge in [-0.1, -0.05) is 383 Å². The van der Waals surface area contributed by atoms with Gasteiger partial charge in [0.1, 0.15) is 17.3 Å². The molecule has 0 N–H and O–H groups in total. The fraction of sp³-hybridized carbons (Fsp3) is 0.358. The molecule has 0 bridgehead atoms. The van der Waals surface area contributed by atoms with Crippen LogP contribution in [0.1, 0.15) is 240 Å². The minimum atomic E-state index is -0.198. The maximum atomic E-state index is 11.8. The van der Waals surface area contributed by atoms with Crippen molar-refractivity contribution < 1.29 is 51.6 Å². The summed E-state index contributed by atoms with van der Waals surface area (Å²) >= 11 is 3.59. The fourth-order valence-corrected chi connectivity index (χ4v) is 16.8. The summed E-state index contributed by atoms with van der Waals surface area (Å²) < 4.78 is 38.9. The van der Waals surface area contributed by atoms with Crippen LogP contribution in [0.5, 0.6) is 0 Å². The van der Waals surface area contributed by atoms with Crippen molar-refractivity contribution in [3.05, 3.63) is 476 Å². The quantitative estimate of drug-likeness (QED) is 0.0667. The van der Waals surface area contributed by atoms with Gasteiger partial charge in [0.2, 0.25) is 0 Å². The fourth-order valence-electron chi connectivity index (χ4n) is 15.4. The lowest BCUT2D eigenvalue weighted by Crippen LogP contribution is -2.16. The molecule has 10 aromatic carbocycles. The van der Waals surface area contributed by atoms with Crippen molar-refractivity contribution in [3.8, 4) is 17.2 Å². The zero-order valence-electron chi connectivity index (χ0n) is 90.3. The molecule has 7 heterocycles. The van der Waals surface area contributed by atoms with E-state index < -0.39 is 0 Å². The van der Waals surface area contributed by atoms with Gasteiger partial charge in [0, 0.05) is 57.0 Å². The van der Waals surface area contributed by atoms with Crippen LogP contribution in [-0.4, -0.2) is 84.1 Å². The first-order chi connectivity index (χ1) is 72.7. The summed E-state index contributed by atoms with van der Waals surface area (Å²) in [6.45, 7) is 27.9. The topological polar surface area (TPSA) is 157 Å². The van der Waals surface area contributed by atoms with Crippen molar-refractivity contribution in [1.82, 2.24) is 0 Å². The second-order valence-electron chi connectivity index (χ2n) is 35.5. The van der Waals surface area contributed by atoms with E-state index in [2.05, 4.69) is 220 Å². The Kier molecular flexibility index (Phi) is 74.2. The van der Waals surface area contributed by atoms with Gasteiger partial charge in [0.05, 0.1) is 84.1 Å². The third-order valence-electron chi connectivity index (χ3n) is 23.6. The van der Waals surface area contributed by atoms with Gasteiger partial charge in [0.25, 0.3) is 0 Å². The lowest BCUT2D eigenvalue weighted by molar-refractivity contribution is -0.139. The Morgan fingerprint density at radius 2 is 0.797 bits per heavy atom. The van der Waals surface area contributed by atoms with Gasteiger partial charge in [-0.2, -0.15) is 16.6 Å². The molecule has 3 fully saturated rings. The largest absolute Gasteiger partial charge is 0.502 e. The minimum absolute atomic E-state index is 0.198. The van der Waals surface area contributed by atoms with Crippen molar-refractivity contribution in [2.45, 2.75) is 248 Å². The van der Waals surface area contributed by atoms with Crippen LogP contribution in [0.3, 0.4) is 0 Å². The van der Waals surface area contributed by atoms with Gasteiger partial charge in [-0.15, -0.1) is 11.3 Å². The zero-order valence-corrected chi connectivity index (χ0v) is 92.0. The molecule has 5 aliphatic carbocycles. The molecule has 0 amide bonds. The molecule has 148 heavy (non-hydrogen) atoms. The number of esters is 1. The molecule has 0 atom stereocenters. The Morgan fingerprint density at radius 1 is 0.365 bits per heavy atom. The third kappa shape index (κ3) is 63.8. The van der Waals surface area contributed by atoms with Crippen molar-refractivity contribution in [2.75, 3.05) is 66.6 Å². The second-order valence-corrected chi connectivity index (χ2v) is 37.3. The molecule has 0 spiro atoms. The first-order valence-corrected chi connectivity index (χ1v) is 55.5. The van der Waals surface area contributed by atoms with Crippen molar-refractivity contribution in [2.24, 2.45) is 0 Å². The molecule has 22 rings (SSSR count). The molecule has 0 unspecified atom stereocenters. The van der Waals surface area contributed by atoms with E-state index in [1.54, 1.807) is 54.4 Å². The number of nitrogens with zero attached hydrogens (tertiary/aromatic N) is 1. The zero-order chi connectivity index (χ0) is 106. The Morgan fingerprint density at radius 3 is 1.09 bits per heavy atom. The third-order valence-corrected chi connectivity index (χ3v) is 25.3. The van der Waals surface area contributed by atoms with Crippen LogP contribution < -0.4 is 0 Å². The van der Waals surface area contributed by atoms with E-state index in [0.29, 0.717) is 32.1 Å². The number of carbonyl (C=O) groups is 3. The first kappa shape index (κ1) is 126. The average Bonchev–Trinajstić information content (AvgIpc) is 1.63. The molecule has 0 radical (unpaired) electrons. The Balaban J connectivity index is 0.000000278. The highest BCUT2D eigenvalue weighted by Gasteiger charge is 2.17. The smallest absolute Gasteiger partial charge is 0.309 e. The molecule has 4 aromatic heterocycles. The van der Waals surface area contributed by atoms with Gasteiger partial charge in [-0.25, -0.2) is 0 Å². The number of Topliss-reactive ketones (excluding diaryl/α,β-unsaturated/α-hetero) is 2. The summed E-state index contributed by atoms with van der Waals surface area (Å²) in [4.78, 5) is 34.6. The SMILES string of the molecule is C1=CCCCC1.C1=COCCC1.C1CCCCC1.C1CCOC1.C1COCCO1.C=C1Cc2ccccc2C1.CC(=O)Cc1ccccc1.CCOCC.CCc1ccccc1.CCc1ccco1.CCc1cccs1.CCc1ccoc1.CCc1ccsc1.COC(=O)Cc1ccccc1.N#CCc1ccccc1.O=C(Cc1ccccc1)Cc1ccccc1.c1ccc2c(c1)CCC2.c1ccc2c(c1)Cc1ccccc1-2. The molecule has 14 aromatic rings. The number of ketones is 2. The number of rotatable bonds is 16. The predicted octanol–water partition coefficient (Wildman–Crippen LogP) is 34.0. The van der Waals surface area contributed by atoms with E-state index >= 15 is 0 Å². The highest BCUT2D eigenvalue weighted by Crippen LogP contribution is 2.36. The van der Waals surface area contributed by atoms with Crippen LogP contribution in [0, 0.1) is 11.3 Å². The number of hydrogen-bond donors (Lipinski definition) is 0. The Labute approximate surface area is 898 Å². The summed E-state index contributed by atoms with van der Waals surface area (Å²) in [5, 5.41) is 14.7. The standard InChI is InChI=1S/C15H14O.C13H10.C10H10.C9H10O2.C9H10O.C9H10.C8H7N.C8H10.2C6H8O.2C6H8S.C6H12.C6H10.C5H8O.C4H8O2.C4H8O.C4H10O/c16-15(11-13-7-3-1-4-8-13)12-14-9-5-2-6-10-14;1-3-7-12-10(5-1)9-11-6-2-4-8-13(11)12;1-8-6-9-4-2-3-5-10(9)7-8;1-11-9(10)7-8-5-3-2-4-6-8;1-8(10)7-9-5-3-2-4-6-9;1-2-5-9-7-3-6-8(9)4-1;9-7-6-8-4-2-1-3-5-8;1-2-8-6-4-3-5-7-8;1-2-6-3-4-7-5-6;1-2-6-4-3-5-7-6;1-2-6-3-4-7-5-6;1-2-6-4-3-5-7-6;3*1-2-4-6-5-3-1;1-2-6-4-3-5-1;1-2-4-5-3-1;1-3-5-4-2/h1-10H,11-12H2;1-8H,9H2;2-5H,1,6-7H2;2-6H,7H2,1H3;2-6H,7H2,1H3;1-2,4-5H,3,6-7H2;1-5H,6H2;3-7H,2H2,1H3;4*3-5H,2H2,1H3;1-6H2;1-2H,3-6H2;2,4H,1,3,5H2;1-4H2;1-4H2;3-4H2,1-2H3. The number of aryl methyl sites for hydroxylation is 7. The molecule has 788 valence electrons. The summed E-state index contributed by atoms with van der Waals surface area (Å²) in [5.74, 6) is 1.33. The number of benzene rings is 10. The van der Waals surface area contributed by atoms with E-state index in [0.717, 1.165) is 132 Å². The van der Waals surface area contributed by atoms with E-state index in [4.69, 9.17) is 37.8 Å². The maximum Gasteiger partial charge on any atom is 0.309 e. The molecular formula is C134H169NO11S2. The Hall–Kier alpha value is -12.7. The monoisotopic (exact) mass is 2030 g/mol. The minimum Gasteiger partial charge on any atom is -0.502 e. The van der Waals surface area contributed by atoms with Crippen LogP contribution in [0.25, 0.3) is 11.1 Å². The summed E-state index contributed by atoms with van der Waals surface area (Å²) in [7, 11) is 1.39. The number of methoxy groups -OCH3 is 1. The van der Waals surface area contributed by atoms with Crippen LogP contribution >= 0.6 is 22.7 Å². The average molecular weight is 2030 g/mol. The van der Waals surface area contributed by atoms with Gasteiger partial charge < -0.3 is 37.3 Å². The van der Waals surface area contributed by atoms with Crippen molar-refractivity contribution in [1.29, 1.82) is 5.26 Å². The highest BCUT2D eigenvalue weighted by molar-refractivity contribution is 7.09. The number of furan rings is 2. The number of fused-ring (bicyclic) bond motifs is 5. The molecule has 12 nitrogen and oxygen atoms in total. The van der Waals surface area contributed by atoms with Crippen LogP contribution in [0.15, 0.2) is 396 Å². The number of nitriles is 1. The Bertz CT molecular complexity index is 5240. The van der Waals surface area contributed by atoms with Crippen LogP contribution in [0.4, 0.5) is 0 Å². The van der Waals surface area contributed by atoms with E-state index in [-0.39, 0.29) is 17.5 Å². The number of thiophene rings is 2. The number of carbonyl (C=O) groups excluding carboxylic acids is 3. The highest BCUT2D eigenvalue weighted by atomic mass is 32.1. The molecule has 14 heteroatoms. The van der Waals surface area contributed by atoms with Gasteiger partial charge in [0.15, 0.2) is 0 Å². The molecule has 2 saturated heterocycles. The summed E-state index contributed by atoms with van der Waals surface area (Å²) in [6.07, 6.45) is 48.2. The molecule has 8 aliphatic rings. The molecule has 1 saturated carbocycles. The van der Waals surface area contributed by atoms with Crippen LogP contribution in [-0.2, 0) is 139 Å². The molecule has 3 aliphatic heterocycles. The summed E-state index contributed by atoms with van der Waals surface area (Å²) in [6, 6.07) is 108. The van der Waals surface area contributed by atoms with E-state index in [9.17, 15) is 14.4 Å². The van der Waals surface area contributed by atoms with E-state index in [1.165, 1.54) is 190 Å². The van der Waals surface area contributed by atoms with Gasteiger partial charge in [-0.05, 0) is 278 Å². The first-order valence-electron chi connectivity index (χ1n) is 53.7. The van der Waals surface area contributed by atoms with Gasteiger partial charge >= 0.3 is 5.97 Å². The number of allylic oxidation sites excluding steroid dienone is 4. The molecular weight excluding hydrogens is 1860 g/mol. The number of hydrogen-bond acceptors (Lipinski definition) is 14. The summed E-state index contributed by atoms with van der Waals surface area (Å²) in [5.41, 5.74) is 22.6. The second kappa shape index (κ2) is 87.4. The normalized spacial score (nSPS) is 12.9. The number of ether oxygens (including phenoxy) is 6. The van der Waals surface area contributed by atoms with Crippen molar-refractivity contribution in [3.63, 3.8) is 0 Å². The van der Waals surface area contributed by atoms with Crippen molar-refractivity contribution >= 4 is 40.2 Å². The lowest BCUT2D eigenvalue weighted by atomic mass is 10.0.